The smallest absolute Gasteiger partial charge is 0.227 e. The van der Waals surface area contributed by atoms with E-state index < -0.39 is 5.41 Å². The maximum Gasteiger partial charge on any atom is 0.227 e. The van der Waals surface area contributed by atoms with Gasteiger partial charge in [0.2, 0.25) is 11.8 Å². The van der Waals surface area contributed by atoms with Crippen LogP contribution in [0.5, 0.6) is 0 Å². The molecular formula is C22H31N5O2. The summed E-state index contributed by atoms with van der Waals surface area (Å²) in [6.45, 7) is 8.62. The molecule has 2 aromatic heterocycles. The molecule has 29 heavy (non-hydrogen) atoms. The molecule has 2 saturated heterocycles. The topological polar surface area (TPSA) is 82.2 Å². The van der Waals surface area contributed by atoms with Crippen molar-refractivity contribution >= 4 is 22.8 Å². The van der Waals surface area contributed by atoms with Crippen molar-refractivity contribution in [3.8, 4) is 0 Å². The fourth-order valence-corrected chi connectivity index (χ4v) is 4.57. The molecule has 0 aliphatic carbocycles. The lowest BCUT2D eigenvalue weighted by Gasteiger charge is -2.39. The highest BCUT2D eigenvalue weighted by Gasteiger charge is 2.36. The Morgan fingerprint density at radius 3 is 2.62 bits per heavy atom. The van der Waals surface area contributed by atoms with Gasteiger partial charge in [-0.25, -0.2) is 4.98 Å². The van der Waals surface area contributed by atoms with Gasteiger partial charge in [-0.1, -0.05) is 20.8 Å². The maximum atomic E-state index is 13.3. The van der Waals surface area contributed by atoms with Gasteiger partial charge in [0.15, 0.2) is 0 Å². The second-order valence-electron chi connectivity index (χ2n) is 9.48. The summed E-state index contributed by atoms with van der Waals surface area (Å²) >= 11 is 0. The quantitative estimate of drug-likeness (QED) is 0.845. The second kappa shape index (κ2) is 7.76. The molecule has 7 nitrogen and oxygen atoms in total. The lowest BCUT2D eigenvalue weighted by molar-refractivity contribution is -0.145. The summed E-state index contributed by atoms with van der Waals surface area (Å²) in [5.41, 5.74) is 1.45. The third kappa shape index (κ3) is 4.14. The number of nitrogens with zero attached hydrogens (tertiary/aromatic N) is 4. The number of amides is 2. The lowest BCUT2D eigenvalue weighted by Crippen LogP contribution is -2.50. The highest BCUT2D eigenvalue weighted by molar-refractivity contribution is 5.84. The number of carbonyl (C=O) groups is 2. The fourth-order valence-electron chi connectivity index (χ4n) is 4.57. The molecule has 2 fully saturated rings. The third-order valence-corrected chi connectivity index (χ3v) is 6.12. The molecule has 0 radical (unpaired) electrons. The van der Waals surface area contributed by atoms with Gasteiger partial charge in [-0.3, -0.25) is 14.6 Å². The fraction of sp³-hybridized carbons (Fsp3) is 0.636. The van der Waals surface area contributed by atoms with Crippen molar-refractivity contribution in [2.24, 2.45) is 11.3 Å². The monoisotopic (exact) mass is 397 g/mol. The van der Waals surface area contributed by atoms with E-state index in [1.807, 2.05) is 36.6 Å². The molecular weight excluding hydrogens is 366 g/mol. The number of rotatable bonds is 2. The van der Waals surface area contributed by atoms with Crippen LogP contribution < -0.4 is 0 Å². The zero-order chi connectivity index (χ0) is 20.6. The van der Waals surface area contributed by atoms with E-state index in [0.717, 1.165) is 55.6 Å². The van der Waals surface area contributed by atoms with Gasteiger partial charge >= 0.3 is 0 Å². The molecule has 2 aliphatic rings. The van der Waals surface area contributed by atoms with Gasteiger partial charge < -0.3 is 14.8 Å². The SMILES string of the molecule is CC(C)(C)C(=O)N1CCCC(C(=O)N2CCCC(c3nc4ccncc4[nH]3)C2)C1. The first kappa shape index (κ1) is 19.9. The Morgan fingerprint density at radius 1 is 1.10 bits per heavy atom. The van der Waals surface area contributed by atoms with E-state index in [-0.39, 0.29) is 23.7 Å². The van der Waals surface area contributed by atoms with Gasteiger partial charge in [-0.2, -0.15) is 0 Å². The number of aromatic nitrogens is 3. The van der Waals surface area contributed by atoms with Crippen LogP contribution in [0.2, 0.25) is 0 Å². The van der Waals surface area contributed by atoms with Crippen molar-refractivity contribution in [3.05, 3.63) is 24.3 Å². The molecule has 2 aromatic rings. The van der Waals surface area contributed by atoms with E-state index in [2.05, 4.69) is 9.97 Å². The van der Waals surface area contributed by atoms with Crippen LogP contribution >= 0.6 is 0 Å². The van der Waals surface area contributed by atoms with Crippen LogP contribution in [0.3, 0.4) is 0 Å². The molecule has 1 N–H and O–H groups in total. The van der Waals surface area contributed by atoms with Gasteiger partial charge in [0.25, 0.3) is 0 Å². The summed E-state index contributed by atoms with van der Waals surface area (Å²) in [5, 5.41) is 0. The van der Waals surface area contributed by atoms with Crippen LogP contribution in [0.15, 0.2) is 18.5 Å². The molecule has 2 aliphatic heterocycles. The Kier molecular flexibility index (Phi) is 5.32. The van der Waals surface area contributed by atoms with Gasteiger partial charge in [0, 0.05) is 43.7 Å². The van der Waals surface area contributed by atoms with Crippen LogP contribution in [0.25, 0.3) is 11.0 Å². The molecule has 0 saturated carbocycles. The lowest BCUT2D eigenvalue weighted by atomic mass is 9.89. The minimum Gasteiger partial charge on any atom is -0.342 e. The molecule has 0 aromatic carbocycles. The molecule has 2 atom stereocenters. The van der Waals surface area contributed by atoms with Crippen LogP contribution in [0, 0.1) is 11.3 Å². The molecule has 0 bridgehead atoms. The van der Waals surface area contributed by atoms with Crippen LogP contribution in [-0.2, 0) is 9.59 Å². The third-order valence-electron chi connectivity index (χ3n) is 6.12. The summed E-state index contributed by atoms with van der Waals surface area (Å²) in [4.78, 5) is 42.1. The predicted molar refractivity (Wildman–Crippen MR) is 111 cm³/mol. The summed E-state index contributed by atoms with van der Waals surface area (Å²) in [6, 6.07) is 1.91. The molecule has 4 rings (SSSR count). The Balaban J connectivity index is 1.43. The maximum absolute atomic E-state index is 13.3. The number of imidazole rings is 1. The number of hydrogen-bond acceptors (Lipinski definition) is 4. The van der Waals surface area contributed by atoms with Gasteiger partial charge in [-0.05, 0) is 31.7 Å². The van der Waals surface area contributed by atoms with Gasteiger partial charge in [0.1, 0.15) is 5.82 Å². The van der Waals surface area contributed by atoms with Crippen LogP contribution in [0.4, 0.5) is 0 Å². The normalized spacial score (nSPS) is 23.4. The van der Waals surface area contributed by atoms with E-state index >= 15 is 0 Å². The van der Waals surface area contributed by atoms with Crippen molar-refractivity contribution in [2.45, 2.75) is 52.4 Å². The molecule has 0 spiro atoms. The van der Waals surface area contributed by atoms with E-state index in [0.29, 0.717) is 13.1 Å². The highest BCUT2D eigenvalue weighted by Crippen LogP contribution is 2.30. The molecule has 156 valence electrons. The van der Waals surface area contributed by atoms with Crippen molar-refractivity contribution < 1.29 is 9.59 Å². The number of carbonyl (C=O) groups excluding carboxylic acids is 2. The Bertz CT molecular complexity index is 867. The first-order valence-electron chi connectivity index (χ1n) is 10.7. The van der Waals surface area contributed by atoms with E-state index in [4.69, 9.17) is 4.98 Å². The number of H-pyrrole nitrogens is 1. The van der Waals surface area contributed by atoms with Crippen molar-refractivity contribution in [1.29, 1.82) is 0 Å². The standard InChI is InChI=1S/C22H31N5O2/c1-22(2,3)21(29)27-11-5-7-16(14-27)20(28)26-10-4-6-15(13-26)19-24-17-8-9-23-12-18(17)25-19/h8-9,12,15-16H,4-7,10-11,13-14H2,1-3H3,(H,24,25). The summed E-state index contributed by atoms with van der Waals surface area (Å²) < 4.78 is 0. The van der Waals surface area contributed by atoms with E-state index in [9.17, 15) is 9.59 Å². The van der Waals surface area contributed by atoms with Gasteiger partial charge in [0.05, 0.1) is 23.1 Å². The zero-order valence-electron chi connectivity index (χ0n) is 17.6. The van der Waals surface area contributed by atoms with Crippen molar-refractivity contribution in [1.82, 2.24) is 24.8 Å². The van der Waals surface area contributed by atoms with Crippen LogP contribution in [0.1, 0.15) is 58.2 Å². The Hall–Kier alpha value is -2.44. The highest BCUT2D eigenvalue weighted by atomic mass is 16.2. The first-order valence-corrected chi connectivity index (χ1v) is 10.7. The second-order valence-corrected chi connectivity index (χ2v) is 9.48. The molecule has 4 heterocycles. The Morgan fingerprint density at radius 2 is 1.86 bits per heavy atom. The number of fused-ring (bicyclic) bond motifs is 1. The van der Waals surface area contributed by atoms with Crippen molar-refractivity contribution in [3.63, 3.8) is 0 Å². The van der Waals surface area contributed by atoms with E-state index in [1.54, 1.807) is 12.4 Å². The summed E-state index contributed by atoms with van der Waals surface area (Å²) in [5.74, 6) is 1.41. The predicted octanol–water partition coefficient (Wildman–Crippen LogP) is 2.95. The number of aromatic amines is 1. The summed E-state index contributed by atoms with van der Waals surface area (Å²) in [6.07, 6.45) is 7.30. The number of hydrogen-bond donors (Lipinski definition) is 1. The number of piperidine rings is 2. The van der Waals surface area contributed by atoms with Crippen molar-refractivity contribution in [2.75, 3.05) is 26.2 Å². The Labute approximate surface area is 171 Å². The number of likely N-dealkylation sites (tertiary alicyclic amines) is 2. The van der Waals surface area contributed by atoms with Crippen LogP contribution in [-0.4, -0.2) is 62.7 Å². The van der Waals surface area contributed by atoms with E-state index in [1.165, 1.54) is 0 Å². The average Bonchev–Trinajstić information content (AvgIpc) is 3.16. The zero-order valence-corrected chi connectivity index (χ0v) is 17.6. The average molecular weight is 398 g/mol. The minimum atomic E-state index is -0.405. The minimum absolute atomic E-state index is 0.0892. The first-order chi connectivity index (χ1) is 13.8. The van der Waals surface area contributed by atoms with Gasteiger partial charge in [-0.15, -0.1) is 0 Å². The number of nitrogens with one attached hydrogen (secondary N) is 1. The largest absolute Gasteiger partial charge is 0.342 e. The number of pyridine rings is 1. The molecule has 2 amide bonds. The molecule has 2 unspecified atom stereocenters. The molecule has 7 heteroatoms. The summed E-state index contributed by atoms with van der Waals surface area (Å²) in [7, 11) is 0.